The molecule has 1 unspecified atom stereocenters. The molecule has 3 nitrogen and oxygen atoms in total. The molecule has 1 rings (SSSR count). The summed E-state index contributed by atoms with van der Waals surface area (Å²) in [7, 11) is 0. The number of para-hydroxylation sites is 1. The Morgan fingerprint density at radius 3 is 2.44 bits per heavy atom. The smallest absolute Gasteiger partial charge is 0.138 e. The molecule has 1 N–H and O–H groups in total. The van der Waals surface area contributed by atoms with Crippen LogP contribution in [0.1, 0.15) is 33.6 Å². The van der Waals surface area contributed by atoms with Crippen molar-refractivity contribution in [3.8, 4) is 5.75 Å². The van der Waals surface area contributed by atoms with Gasteiger partial charge in [0.2, 0.25) is 0 Å². The van der Waals surface area contributed by atoms with Gasteiger partial charge in [0.1, 0.15) is 18.1 Å². The van der Waals surface area contributed by atoms with Crippen molar-refractivity contribution >= 4 is 5.78 Å². The molecule has 100 valence electrons. The van der Waals surface area contributed by atoms with Crippen molar-refractivity contribution < 1.29 is 14.6 Å². The Labute approximate surface area is 109 Å². The van der Waals surface area contributed by atoms with Crippen molar-refractivity contribution in [1.82, 2.24) is 0 Å². The second kappa shape index (κ2) is 6.55. The summed E-state index contributed by atoms with van der Waals surface area (Å²) in [6.45, 7) is 5.90. The Hall–Kier alpha value is -1.35. The minimum atomic E-state index is -0.600. The maximum atomic E-state index is 11.7. The Morgan fingerprint density at radius 2 is 1.89 bits per heavy atom. The molecule has 0 fully saturated rings. The molecule has 0 spiro atoms. The number of rotatable bonds is 6. The molecule has 0 saturated heterocycles. The minimum absolute atomic E-state index is 0.168. The predicted molar refractivity (Wildman–Crippen MR) is 71.6 cm³/mol. The van der Waals surface area contributed by atoms with Crippen molar-refractivity contribution in [3.05, 3.63) is 30.3 Å². The van der Waals surface area contributed by atoms with E-state index in [9.17, 15) is 9.90 Å². The van der Waals surface area contributed by atoms with Gasteiger partial charge in [-0.25, -0.2) is 0 Å². The third-order valence-electron chi connectivity index (χ3n) is 2.73. The van der Waals surface area contributed by atoms with Crippen LogP contribution >= 0.6 is 0 Å². The van der Waals surface area contributed by atoms with E-state index in [4.69, 9.17) is 4.74 Å². The number of Topliss-reactive ketones (excluding diaryl/α,β-unsaturated/α-hetero) is 1. The van der Waals surface area contributed by atoms with Crippen molar-refractivity contribution in [3.63, 3.8) is 0 Å². The monoisotopic (exact) mass is 250 g/mol. The molecule has 1 aromatic carbocycles. The molecule has 1 aromatic rings. The highest BCUT2D eigenvalue weighted by Crippen LogP contribution is 2.18. The van der Waals surface area contributed by atoms with Gasteiger partial charge in [0, 0.05) is 11.8 Å². The van der Waals surface area contributed by atoms with Gasteiger partial charge in [-0.3, -0.25) is 4.79 Å². The van der Waals surface area contributed by atoms with Crippen LogP contribution in [-0.2, 0) is 4.79 Å². The Balaban J connectivity index is 2.26. The van der Waals surface area contributed by atoms with Gasteiger partial charge in [-0.05, 0) is 18.6 Å². The molecule has 3 heteroatoms. The van der Waals surface area contributed by atoms with E-state index in [-0.39, 0.29) is 17.8 Å². The maximum absolute atomic E-state index is 11.7. The van der Waals surface area contributed by atoms with Crippen molar-refractivity contribution in [2.24, 2.45) is 5.41 Å². The molecular weight excluding hydrogens is 228 g/mol. The molecule has 0 saturated carbocycles. The van der Waals surface area contributed by atoms with Gasteiger partial charge in [-0.2, -0.15) is 0 Å². The molecule has 0 bridgehead atoms. The number of benzene rings is 1. The Morgan fingerprint density at radius 1 is 1.28 bits per heavy atom. The summed E-state index contributed by atoms with van der Waals surface area (Å²) in [5.74, 6) is 0.903. The molecule has 18 heavy (non-hydrogen) atoms. The molecule has 0 aliphatic rings. The topological polar surface area (TPSA) is 46.5 Å². The summed E-state index contributed by atoms with van der Waals surface area (Å²) in [5, 5.41) is 9.75. The van der Waals surface area contributed by atoms with Crippen molar-refractivity contribution in [1.29, 1.82) is 0 Å². The number of carbonyl (C=O) groups excluding carboxylic acids is 1. The number of carbonyl (C=O) groups is 1. The van der Waals surface area contributed by atoms with E-state index in [2.05, 4.69) is 0 Å². The lowest BCUT2D eigenvalue weighted by Gasteiger charge is -2.18. The lowest BCUT2D eigenvalue weighted by molar-refractivity contribution is -0.126. The molecule has 0 aliphatic carbocycles. The zero-order chi connectivity index (χ0) is 13.6. The number of ether oxygens (including phenoxy) is 1. The van der Waals surface area contributed by atoms with Crippen LogP contribution in [0, 0.1) is 5.41 Å². The first-order chi connectivity index (χ1) is 8.39. The average molecular weight is 250 g/mol. The van der Waals surface area contributed by atoms with Gasteiger partial charge >= 0.3 is 0 Å². The van der Waals surface area contributed by atoms with Gasteiger partial charge < -0.3 is 9.84 Å². The van der Waals surface area contributed by atoms with E-state index >= 15 is 0 Å². The maximum Gasteiger partial charge on any atom is 0.138 e. The Kier molecular flexibility index (Phi) is 5.35. The summed E-state index contributed by atoms with van der Waals surface area (Å²) in [5.41, 5.74) is -0.333. The van der Waals surface area contributed by atoms with Crippen LogP contribution in [0.15, 0.2) is 30.3 Å². The SMILES string of the molecule is CC(C)(C)C(=O)CCC(O)COc1ccccc1. The highest BCUT2D eigenvalue weighted by molar-refractivity contribution is 5.83. The normalized spacial score (nSPS) is 13.1. The van der Waals surface area contributed by atoms with E-state index in [0.717, 1.165) is 5.75 Å². The fraction of sp³-hybridized carbons (Fsp3) is 0.533. The van der Waals surface area contributed by atoms with Crippen LogP contribution in [0.25, 0.3) is 0 Å². The van der Waals surface area contributed by atoms with Gasteiger partial charge in [-0.1, -0.05) is 39.0 Å². The largest absolute Gasteiger partial charge is 0.491 e. The highest BCUT2D eigenvalue weighted by Gasteiger charge is 2.21. The average Bonchev–Trinajstić information content (AvgIpc) is 2.33. The summed E-state index contributed by atoms with van der Waals surface area (Å²) in [4.78, 5) is 11.7. The number of aliphatic hydroxyl groups excluding tert-OH is 1. The van der Waals surface area contributed by atoms with Crippen molar-refractivity contribution in [2.45, 2.75) is 39.7 Å². The van der Waals surface area contributed by atoms with Crippen LogP contribution < -0.4 is 4.74 Å². The molecule has 0 aliphatic heterocycles. The zero-order valence-corrected chi connectivity index (χ0v) is 11.3. The second-order valence-corrected chi connectivity index (χ2v) is 5.49. The minimum Gasteiger partial charge on any atom is -0.491 e. The van der Waals surface area contributed by atoms with Gasteiger partial charge in [-0.15, -0.1) is 0 Å². The molecule has 0 aromatic heterocycles. The lowest BCUT2D eigenvalue weighted by atomic mass is 9.88. The van der Waals surface area contributed by atoms with Crippen molar-refractivity contribution in [2.75, 3.05) is 6.61 Å². The number of aliphatic hydroxyl groups is 1. The third-order valence-corrected chi connectivity index (χ3v) is 2.73. The summed E-state index contributed by atoms with van der Waals surface area (Å²) in [6, 6.07) is 9.35. The summed E-state index contributed by atoms with van der Waals surface area (Å²) < 4.78 is 5.42. The van der Waals surface area contributed by atoms with E-state index in [1.165, 1.54) is 0 Å². The first kappa shape index (κ1) is 14.7. The summed E-state index contributed by atoms with van der Waals surface area (Å²) in [6.07, 6.45) is 0.239. The number of hydrogen-bond donors (Lipinski definition) is 1. The Bertz CT molecular complexity index is 365. The van der Waals surface area contributed by atoms with Crippen LogP contribution in [0.4, 0.5) is 0 Å². The fourth-order valence-corrected chi connectivity index (χ4v) is 1.47. The van der Waals surface area contributed by atoms with E-state index in [1.807, 2.05) is 51.1 Å². The van der Waals surface area contributed by atoms with Gasteiger partial charge in [0.05, 0.1) is 6.10 Å². The first-order valence-electron chi connectivity index (χ1n) is 6.29. The zero-order valence-electron chi connectivity index (χ0n) is 11.3. The lowest BCUT2D eigenvalue weighted by Crippen LogP contribution is -2.24. The molecule has 0 radical (unpaired) electrons. The highest BCUT2D eigenvalue weighted by atomic mass is 16.5. The van der Waals surface area contributed by atoms with Crippen LogP contribution in [0.3, 0.4) is 0 Å². The number of ketones is 1. The molecule has 0 heterocycles. The third kappa shape index (κ3) is 5.32. The molecule has 1 atom stereocenters. The first-order valence-corrected chi connectivity index (χ1v) is 6.29. The quantitative estimate of drug-likeness (QED) is 0.844. The standard InChI is InChI=1S/C15H22O3/c1-15(2,3)14(17)10-9-12(16)11-18-13-7-5-4-6-8-13/h4-8,12,16H,9-11H2,1-3H3. The van der Waals surface area contributed by atoms with E-state index in [1.54, 1.807) is 0 Å². The van der Waals surface area contributed by atoms with E-state index in [0.29, 0.717) is 12.8 Å². The van der Waals surface area contributed by atoms with Gasteiger partial charge in [0.25, 0.3) is 0 Å². The fourth-order valence-electron chi connectivity index (χ4n) is 1.47. The molecular formula is C15H22O3. The predicted octanol–water partition coefficient (Wildman–Crippen LogP) is 2.82. The summed E-state index contributed by atoms with van der Waals surface area (Å²) >= 11 is 0. The van der Waals surface area contributed by atoms with Crippen LogP contribution in [-0.4, -0.2) is 23.6 Å². The second-order valence-electron chi connectivity index (χ2n) is 5.49. The number of hydrogen-bond acceptors (Lipinski definition) is 3. The van der Waals surface area contributed by atoms with Gasteiger partial charge in [0.15, 0.2) is 0 Å². The van der Waals surface area contributed by atoms with Crippen LogP contribution in [0.2, 0.25) is 0 Å². The molecule has 0 amide bonds. The van der Waals surface area contributed by atoms with Crippen LogP contribution in [0.5, 0.6) is 5.75 Å². The van der Waals surface area contributed by atoms with E-state index < -0.39 is 6.10 Å².